The molecule has 2 unspecified atom stereocenters. The first-order chi connectivity index (χ1) is 16.0. The normalized spacial score (nSPS) is 16.5. The summed E-state index contributed by atoms with van der Waals surface area (Å²) in [6.45, 7) is 2.30. The Labute approximate surface area is 201 Å². The van der Waals surface area contributed by atoms with E-state index in [2.05, 4.69) is 10.6 Å². The Morgan fingerprint density at radius 1 is 1.06 bits per heavy atom. The lowest BCUT2D eigenvalue weighted by Gasteiger charge is -2.37. The van der Waals surface area contributed by atoms with Crippen LogP contribution < -0.4 is 16.4 Å². The van der Waals surface area contributed by atoms with Gasteiger partial charge in [0.1, 0.15) is 5.41 Å². The van der Waals surface area contributed by atoms with E-state index in [-0.39, 0.29) is 11.8 Å². The number of primary amides is 1. The number of rotatable bonds is 7. The third kappa shape index (κ3) is 5.81. The highest BCUT2D eigenvalue weighted by Crippen LogP contribution is 2.41. The van der Waals surface area contributed by atoms with Crippen molar-refractivity contribution in [2.24, 2.45) is 11.7 Å². The first-order valence-corrected chi connectivity index (χ1v) is 11.6. The number of likely N-dealkylation sites (N-methyl/N-ethyl adjacent to an activating group) is 1. The Morgan fingerprint density at radius 2 is 1.61 bits per heavy atom. The van der Waals surface area contributed by atoms with Crippen molar-refractivity contribution < 1.29 is 9.90 Å². The smallest absolute Gasteiger partial charge is 0.232 e. The lowest BCUT2D eigenvalue weighted by Crippen LogP contribution is -2.49. The molecule has 3 aromatic carbocycles. The van der Waals surface area contributed by atoms with Crippen LogP contribution in [-0.4, -0.2) is 37.7 Å². The van der Waals surface area contributed by atoms with Gasteiger partial charge in [-0.05, 0) is 61.3 Å². The zero-order valence-electron chi connectivity index (χ0n) is 18.9. The van der Waals surface area contributed by atoms with Crippen LogP contribution in [0.15, 0.2) is 84.9 Å². The molecule has 0 radical (unpaired) electrons. The van der Waals surface area contributed by atoms with Gasteiger partial charge in [0.25, 0.3) is 0 Å². The minimum Gasteiger partial charge on any atom is -0.387 e. The number of carbonyl (C=O) groups excluding carboxylic acids is 1. The summed E-state index contributed by atoms with van der Waals surface area (Å²) in [6.07, 6.45) is 0.500. The van der Waals surface area contributed by atoms with E-state index in [0.29, 0.717) is 11.6 Å². The van der Waals surface area contributed by atoms with Gasteiger partial charge in [0, 0.05) is 11.6 Å². The molecule has 1 fully saturated rings. The number of hydrogen-bond donors (Lipinski definition) is 4. The van der Waals surface area contributed by atoms with Gasteiger partial charge >= 0.3 is 0 Å². The Balaban J connectivity index is 0.000000218. The third-order valence-electron chi connectivity index (χ3n) is 6.17. The Kier molecular flexibility index (Phi) is 9.03. The SMILES string of the molecule is CNCC(O)c1ccc(Cl)cc1.NC(=O)C(c1ccccc1)(c1ccccc1)C1CCNC1. The van der Waals surface area contributed by atoms with E-state index in [0.717, 1.165) is 36.2 Å². The van der Waals surface area contributed by atoms with Gasteiger partial charge in [-0.1, -0.05) is 84.4 Å². The second kappa shape index (κ2) is 12.0. The van der Waals surface area contributed by atoms with Gasteiger partial charge in [0.2, 0.25) is 5.91 Å². The van der Waals surface area contributed by atoms with Gasteiger partial charge in [-0.2, -0.15) is 0 Å². The second-order valence-electron chi connectivity index (χ2n) is 8.22. The molecule has 0 aliphatic carbocycles. The molecular formula is C27H32ClN3O2. The van der Waals surface area contributed by atoms with E-state index in [4.69, 9.17) is 17.3 Å². The minimum atomic E-state index is -0.758. The fourth-order valence-electron chi connectivity index (χ4n) is 4.55. The molecule has 1 heterocycles. The van der Waals surface area contributed by atoms with E-state index >= 15 is 0 Å². The highest BCUT2D eigenvalue weighted by molar-refractivity contribution is 6.30. The fourth-order valence-corrected chi connectivity index (χ4v) is 4.67. The molecule has 1 aliphatic heterocycles. The molecular weight excluding hydrogens is 434 g/mol. The first kappa shape index (κ1) is 24.9. The van der Waals surface area contributed by atoms with Gasteiger partial charge < -0.3 is 21.5 Å². The summed E-state index contributed by atoms with van der Waals surface area (Å²) in [6, 6.07) is 27.0. The molecule has 4 rings (SSSR count). The summed E-state index contributed by atoms with van der Waals surface area (Å²) in [4.78, 5) is 12.6. The number of nitrogens with two attached hydrogens (primary N) is 1. The third-order valence-corrected chi connectivity index (χ3v) is 6.42. The van der Waals surface area contributed by atoms with Crippen LogP contribution in [-0.2, 0) is 10.2 Å². The van der Waals surface area contributed by atoms with Crippen LogP contribution in [0.3, 0.4) is 0 Å². The standard InChI is InChI=1S/C18H20N2O.C9H12ClNO/c19-17(21)18(16-11-12-20-13-16,14-7-3-1-4-8-14)15-9-5-2-6-10-15;1-11-6-9(12)7-2-4-8(10)5-3-7/h1-10,16,20H,11-13H2,(H2,19,21);2-5,9,11-12H,6H2,1H3. The summed E-state index contributed by atoms with van der Waals surface area (Å²) in [5, 5.41) is 16.5. The average molecular weight is 466 g/mol. The molecule has 5 N–H and O–H groups in total. The maximum atomic E-state index is 12.6. The summed E-state index contributed by atoms with van der Waals surface area (Å²) >= 11 is 5.70. The Bertz CT molecular complexity index is 951. The number of hydrogen-bond acceptors (Lipinski definition) is 4. The number of nitrogens with one attached hydrogen (secondary N) is 2. The topological polar surface area (TPSA) is 87.4 Å². The van der Waals surface area contributed by atoms with Gasteiger partial charge in [0.15, 0.2) is 0 Å². The molecule has 33 heavy (non-hydrogen) atoms. The van der Waals surface area contributed by atoms with Gasteiger partial charge in [-0.15, -0.1) is 0 Å². The molecule has 174 valence electrons. The largest absolute Gasteiger partial charge is 0.387 e. The van der Waals surface area contributed by atoms with Crippen molar-refractivity contribution in [1.29, 1.82) is 0 Å². The number of halogens is 1. The van der Waals surface area contributed by atoms with E-state index in [1.807, 2.05) is 72.8 Å². The Morgan fingerprint density at radius 3 is 2.03 bits per heavy atom. The minimum absolute atomic E-state index is 0.180. The zero-order chi connectivity index (χ0) is 23.7. The van der Waals surface area contributed by atoms with Crippen molar-refractivity contribution in [2.45, 2.75) is 17.9 Å². The molecule has 1 amide bonds. The van der Waals surface area contributed by atoms with Crippen LogP contribution in [0, 0.1) is 5.92 Å². The average Bonchev–Trinajstić information content (AvgIpc) is 3.37. The number of aliphatic hydroxyl groups is 1. The van der Waals surface area contributed by atoms with Crippen LogP contribution in [0.5, 0.6) is 0 Å². The van der Waals surface area contributed by atoms with Crippen molar-refractivity contribution in [1.82, 2.24) is 10.6 Å². The number of aliphatic hydroxyl groups excluding tert-OH is 1. The van der Waals surface area contributed by atoms with E-state index in [1.54, 1.807) is 19.2 Å². The number of carbonyl (C=O) groups is 1. The van der Waals surface area contributed by atoms with Gasteiger partial charge in [-0.25, -0.2) is 0 Å². The lowest BCUT2D eigenvalue weighted by atomic mass is 9.65. The van der Waals surface area contributed by atoms with E-state index in [9.17, 15) is 9.90 Å². The molecule has 1 aliphatic rings. The lowest BCUT2D eigenvalue weighted by molar-refractivity contribution is -0.123. The molecule has 2 atom stereocenters. The van der Waals surface area contributed by atoms with Crippen LogP contribution in [0.2, 0.25) is 5.02 Å². The monoisotopic (exact) mass is 465 g/mol. The summed E-state index contributed by atoms with van der Waals surface area (Å²) in [7, 11) is 1.80. The summed E-state index contributed by atoms with van der Waals surface area (Å²) < 4.78 is 0. The van der Waals surface area contributed by atoms with Crippen molar-refractivity contribution in [3.05, 3.63) is 107 Å². The molecule has 0 bridgehead atoms. The maximum absolute atomic E-state index is 12.6. The molecule has 0 aromatic heterocycles. The number of benzene rings is 3. The molecule has 1 saturated heterocycles. The second-order valence-corrected chi connectivity index (χ2v) is 8.66. The zero-order valence-corrected chi connectivity index (χ0v) is 19.6. The van der Waals surface area contributed by atoms with Crippen LogP contribution in [0.4, 0.5) is 0 Å². The molecule has 3 aromatic rings. The van der Waals surface area contributed by atoms with Crippen molar-refractivity contribution >= 4 is 17.5 Å². The summed E-state index contributed by atoms with van der Waals surface area (Å²) in [5.74, 6) is -0.0894. The van der Waals surface area contributed by atoms with Crippen LogP contribution in [0.25, 0.3) is 0 Å². The maximum Gasteiger partial charge on any atom is 0.232 e. The van der Waals surface area contributed by atoms with Gasteiger partial charge in [-0.3, -0.25) is 4.79 Å². The predicted octanol–water partition coefficient (Wildman–Crippen LogP) is 3.66. The van der Waals surface area contributed by atoms with E-state index in [1.165, 1.54) is 0 Å². The Hall–Kier alpha value is -2.70. The van der Waals surface area contributed by atoms with Crippen LogP contribution >= 0.6 is 11.6 Å². The highest BCUT2D eigenvalue weighted by Gasteiger charge is 2.48. The molecule has 0 saturated carbocycles. The van der Waals surface area contributed by atoms with E-state index < -0.39 is 11.5 Å². The molecule has 5 nitrogen and oxygen atoms in total. The number of amides is 1. The fraction of sp³-hybridized carbons (Fsp3) is 0.296. The summed E-state index contributed by atoms with van der Waals surface area (Å²) in [5.41, 5.74) is 8.04. The van der Waals surface area contributed by atoms with Crippen LogP contribution in [0.1, 0.15) is 29.2 Å². The first-order valence-electron chi connectivity index (χ1n) is 11.2. The quantitative estimate of drug-likeness (QED) is 0.429. The highest BCUT2D eigenvalue weighted by atomic mass is 35.5. The van der Waals surface area contributed by atoms with Crippen molar-refractivity contribution in [3.8, 4) is 0 Å². The molecule has 0 spiro atoms. The predicted molar refractivity (Wildman–Crippen MR) is 134 cm³/mol. The van der Waals surface area contributed by atoms with Crippen molar-refractivity contribution in [3.63, 3.8) is 0 Å². The molecule has 6 heteroatoms. The van der Waals surface area contributed by atoms with Gasteiger partial charge in [0.05, 0.1) is 6.10 Å². The van der Waals surface area contributed by atoms with Crippen molar-refractivity contribution in [2.75, 3.05) is 26.7 Å².